The van der Waals surface area contributed by atoms with Crippen LogP contribution in [0.5, 0.6) is 0 Å². The summed E-state index contributed by atoms with van der Waals surface area (Å²) in [4.78, 5) is 2.27. The molecule has 0 atom stereocenters. The highest BCUT2D eigenvalue weighted by Gasteiger charge is 2.03. The van der Waals surface area contributed by atoms with Crippen molar-refractivity contribution < 1.29 is 0 Å². The van der Waals surface area contributed by atoms with E-state index < -0.39 is 0 Å². The summed E-state index contributed by atoms with van der Waals surface area (Å²) in [5.41, 5.74) is 0. The summed E-state index contributed by atoms with van der Waals surface area (Å²) < 4.78 is 2.01. The van der Waals surface area contributed by atoms with Gasteiger partial charge in [-0.15, -0.1) is 10.2 Å². The van der Waals surface area contributed by atoms with Gasteiger partial charge in [0.25, 0.3) is 0 Å². The molecule has 0 fully saturated rings. The fourth-order valence-electron chi connectivity index (χ4n) is 1.23. The summed E-state index contributed by atoms with van der Waals surface area (Å²) in [5, 5.41) is 11.5. The highest BCUT2D eigenvalue weighted by molar-refractivity contribution is 4.91. The molecule has 0 aliphatic heterocycles. The van der Waals surface area contributed by atoms with Gasteiger partial charge in [0, 0.05) is 20.1 Å². The maximum Gasteiger partial charge on any atom is 0.146 e. The van der Waals surface area contributed by atoms with E-state index in [-0.39, 0.29) is 0 Å². The summed E-state index contributed by atoms with van der Waals surface area (Å²) in [5.74, 6) is 1.95. The standard InChI is InChI=1S/C10H21N5/c1-5-14(3)7-6-11-8-10-13-12-9(2)15(10)4/h11H,5-8H2,1-4H3. The molecule has 0 aliphatic rings. The molecule has 0 aliphatic carbocycles. The van der Waals surface area contributed by atoms with Gasteiger partial charge in [0.1, 0.15) is 11.6 Å². The predicted molar refractivity (Wildman–Crippen MR) is 60.6 cm³/mol. The lowest BCUT2D eigenvalue weighted by Gasteiger charge is -2.13. The Kier molecular flexibility index (Phi) is 4.71. The number of nitrogens with one attached hydrogen (secondary N) is 1. The Morgan fingerprint density at radius 1 is 1.40 bits per heavy atom. The molecule has 1 aromatic heterocycles. The third-order valence-electron chi connectivity index (χ3n) is 2.68. The van der Waals surface area contributed by atoms with Crippen LogP contribution in [0, 0.1) is 6.92 Å². The van der Waals surface area contributed by atoms with Crippen LogP contribution in [0.1, 0.15) is 18.6 Å². The minimum absolute atomic E-state index is 0.787. The Morgan fingerprint density at radius 3 is 2.67 bits per heavy atom. The van der Waals surface area contributed by atoms with Gasteiger partial charge in [-0.2, -0.15) is 0 Å². The van der Waals surface area contributed by atoms with Gasteiger partial charge in [0.15, 0.2) is 0 Å². The third-order valence-corrected chi connectivity index (χ3v) is 2.68. The fraction of sp³-hybridized carbons (Fsp3) is 0.800. The lowest BCUT2D eigenvalue weighted by atomic mass is 10.5. The molecule has 0 spiro atoms. The zero-order chi connectivity index (χ0) is 11.3. The van der Waals surface area contributed by atoms with Gasteiger partial charge in [-0.1, -0.05) is 6.92 Å². The summed E-state index contributed by atoms with van der Waals surface area (Å²) in [7, 11) is 4.11. The lowest BCUT2D eigenvalue weighted by Crippen LogP contribution is -2.29. The quantitative estimate of drug-likeness (QED) is 0.681. The molecule has 0 unspecified atom stereocenters. The molecular weight excluding hydrogens is 190 g/mol. The Bertz CT molecular complexity index is 294. The van der Waals surface area contributed by atoms with Gasteiger partial charge in [-0.3, -0.25) is 0 Å². The monoisotopic (exact) mass is 211 g/mol. The molecule has 0 aromatic carbocycles. The van der Waals surface area contributed by atoms with Crippen molar-refractivity contribution in [2.45, 2.75) is 20.4 Å². The number of likely N-dealkylation sites (N-methyl/N-ethyl adjacent to an activating group) is 1. The van der Waals surface area contributed by atoms with E-state index in [9.17, 15) is 0 Å². The molecule has 5 heteroatoms. The number of rotatable bonds is 6. The molecule has 15 heavy (non-hydrogen) atoms. The van der Waals surface area contributed by atoms with E-state index in [0.29, 0.717) is 0 Å². The van der Waals surface area contributed by atoms with Crippen molar-refractivity contribution in [3.63, 3.8) is 0 Å². The van der Waals surface area contributed by atoms with Crippen molar-refractivity contribution in [1.29, 1.82) is 0 Å². The lowest BCUT2D eigenvalue weighted by molar-refractivity contribution is 0.348. The Hall–Kier alpha value is -0.940. The normalized spacial score (nSPS) is 11.3. The Labute approximate surface area is 91.5 Å². The largest absolute Gasteiger partial charge is 0.317 e. The van der Waals surface area contributed by atoms with E-state index in [2.05, 4.69) is 34.4 Å². The second-order valence-electron chi connectivity index (χ2n) is 3.80. The van der Waals surface area contributed by atoms with Crippen LogP contribution in [-0.4, -0.2) is 46.3 Å². The fourth-order valence-corrected chi connectivity index (χ4v) is 1.23. The first-order valence-electron chi connectivity index (χ1n) is 5.39. The SMILES string of the molecule is CCN(C)CCNCc1nnc(C)n1C. The van der Waals surface area contributed by atoms with Crippen molar-refractivity contribution in [2.75, 3.05) is 26.7 Å². The van der Waals surface area contributed by atoms with E-state index in [4.69, 9.17) is 0 Å². The molecule has 0 radical (unpaired) electrons. The molecule has 86 valence electrons. The van der Waals surface area contributed by atoms with Crippen molar-refractivity contribution in [3.8, 4) is 0 Å². The number of hydrogen-bond acceptors (Lipinski definition) is 4. The van der Waals surface area contributed by atoms with Crippen LogP contribution in [0.4, 0.5) is 0 Å². The maximum absolute atomic E-state index is 4.09. The number of nitrogens with zero attached hydrogens (tertiary/aromatic N) is 4. The van der Waals surface area contributed by atoms with Crippen molar-refractivity contribution in [2.24, 2.45) is 7.05 Å². The first-order valence-corrected chi connectivity index (χ1v) is 5.39. The van der Waals surface area contributed by atoms with Crippen molar-refractivity contribution in [3.05, 3.63) is 11.6 Å². The van der Waals surface area contributed by atoms with E-state index in [0.717, 1.165) is 37.8 Å². The molecule has 0 bridgehead atoms. The molecule has 1 aromatic rings. The first-order chi connectivity index (χ1) is 7.15. The Morgan fingerprint density at radius 2 is 2.13 bits per heavy atom. The van der Waals surface area contributed by atoms with Crippen LogP contribution in [0.25, 0.3) is 0 Å². The minimum atomic E-state index is 0.787. The number of hydrogen-bond donors (Lipinski definition) is 1. The van der Waals surface area contributed by atoms with Gasteiger partial charge in [-0.05, 0) is 20.5 Å². The molecular formula is C10H21N5. The molecule has 0 saturated heterocycles. The number of aryl methyl sites for hydroxylation is 1. The number of aromatic nitrogens is 3. The smallest absolute Gasteiger partial charge is 0.146 e. The summed E-state index contributed by atoms with van der Waals surface area (Å²) in [6.07, 6.45) is 0. The topological polar surface area (TPSA) is 46.0 Å². The van der Waals surface area contributed by atoms with E-state index in [1.807, 2.05) is 18.5 Å². The second-order valence-corrected chi connectivity index (χ2v) is 3.80. The van der Waals surface area contributed by atoms with Crippen LogP contribution in [-0.2, 0) is 13.6 Å². The predicted octanol–water partition coefficient (Wildman–Crippen LogP) is 0.165. The average Bonchev–Trinajstić information content (AvgIpc) is 2.55. The van der Waals surface area contributed by atoms with Crippen LogP contribution < -0.4 is 5.32 Å². The van der Waals surface area contributed by atoms with E-state index in [1.165, 1.54) is 0 Å². The molecule has 0 saturated carbocycles. The third kappa shape index (κ3) is 3.60. The summed E-state index contributed by atoms with van der Waals surface area (Å²) in [6, 6.07) is 0. The zero-order valence-corrected chi connectivity index (χ0v) is 10.1. The van der Waals surface area contributed by atoms with Gasteiger partial charge < -0.3 is 14.8 Å². The second kappa shape index (κ2) is 5.82. The molecule has 1 heterocycles. The van der Waals surface area contributed by atoms with Crippen LogP contribution >= 0.6 is 0 Å². The maximum atomic E-state index is 4.09. The Balaban J connectivity index is 2.23. The molecule has 1 rings (SSSR count). The summed E-state index contributed by atoms with van der Waals surface area (Å²) >= 11 is 0. The molecule has 0 amide bonds. The minimum Gasteiger partial charge on any atom is -0.317 e. The zero-order valence-electron chi connectivity index (χ0n) is 10.1. The van der Waals surface area contributed by atoms with E-state index in [1.54, 1.807) is 0 Å². The molecule has 1 N–H and O–H groups in total. The molecule has 5 nitrogen and oxygen atoms in total. The van der Waals surface area contributed by atoms with Crippen LogP contribution in [0.3, 0.4) is 0 Å². The van der Waals surface area contributed by atoms with Gasteiger partial charge in [0.05, 0.1) is 6.54 Å². The van der Waals surface area contributed by atoms with E-state index >= 15 is 0 Å². The van der Waals surface area contributed by atoms with Gasteiger partial charge >= 0.3 is 0 Å². The van der Waals surface area contributed by atoms with Gasteiger partial charge in [-0.25, -0.2) is 0 Å². The van der Waals surface area contributed by atoms with Crippen LogP contribution in [0.2, 0.25) is 0 Å². The first kappa shape index (κ1) is 12.1. The van der Waals surface area contributed by atoms with Gasteiger partial charge in [0.2, 0.25) is 0 Å². The van der Waals surface area contributed by atoms with Crippen molar-refractivity contribution >= 4 is 0 Å². The highest BCUT2D eigenvalue weighted by atomic mass is 15.3. The average molecular weight is 211 g/mol. The highest BCUT2D eigenvalue weighted by Crippen LogP contribution is 1.95. The summed E-state index contributed by atoms with van der Waals surface area (Å²) in [6.45, 7) is 8.04. The van der Waals surface area contributed by atoms with Crippen molar-refractivity contribution in [1.82, 2.24) is 25.0 Å². The van der Waals surface area contributed by atoms with Crippen LogP contribution in [0.15, 0.2) is 0 Å².